The van der Waals surface area contributed by atoms with Gasteiger partial charge in [-0.1, -0.05) is 0 Å². The second-order valence-electron chi connectivity index (χ2n) is 4.31. The number of rotatable bonds is 7. The quantitative estimate of drug-likeness (QED) is 0.670. The molecule has 0 aliphatic heterocycles. The molecule has 6 nitrogen and oxygen atoms in total. The summed E-state index contributed by atoms with van der Waals surface area (Å²) < 4.78 is 5.00. The van der Waals surface area contributed by atoms with Gasteiger partial charge in [0.25, 0.3) is 5.91 Å². The smallest absolute Gasteiger partial charge is 0.286 e. The zero-order chi connectivity index (χ0) is 14.2. The number of pyridine rings is 1. The number of hydrogen-bond acceptors (Lipinski definition) is 5. The van der Waals surface area contributed by atoms with E-state index >= 15 is 0 Å². The van der Waals surface area contributed by atoms with E-state index in [1.165, 1.54) is 6.26 Å². The number of furan rings is 1. The van der Waals surface area contributed by atoms with E-state index in [9.17, 15) is 4.79 Å². The van der Waals surface area contributed by atoms with Crippen LogP contribution in [0.4, 0.5) is 11.5 Å². The van der Waals surface area contributed by atoms with Gasteiger partial charge in [0, 0.05) is 19.3 Å². The molecular weight excluding hydrogens is 256 g/mol. The minimum Gasteiger partial charge on any atom is -0.459 e. The molecule has 2 rings (SSSR count). The standard InChI is InChI=1S/C14H18N4O2/c15-11-5-3-9-17-13(11)16-7-1-2-8-18-14(19)12-6-4-10-20-12/h3-6,9-10H,1-2,7-8,15H2,(H,16,17)(H,18,19). The number of unbranched alkanes of at least 4 members (excludes halogenated alkanes) is 1. The van der Waals surface area contributed by atoms with Crippen LogP contribution in [0.15, 0.2) is 41.1 Å². The van der Waals surface area contributed by atoms with Crippen LogP contribution in [-0.4, -0.2) is 24.0 Å². The van der Waals surface area contributed by atoms with Crippen LogP contribution in [0.25, 0.3) is 0 Å². The van der Waals surface area contributed by atoms with E-state index < -0.39 is 0 Å². The van der Waals surface area contributed by atoms with E-state index in [1.807, 2.05) is 0 Å². The summed E-state index contributed by atoms with van der Waals surface area (Å²) in [7, 11) is 0. The van der Waals surface area contributed by atoms with Crippen LogP contribution >= 0.6 is 0 Å². The van der Waals surface area contributed by atoms with Crippen molar-refractivity contribution in [2.45, 2.75) is 12.8 Å². The van der Waals surface area contributed by atoms with Crippen molar-refractivity contribution in [3.63, 3.8) is 0 Å². The second-order valence-corrected chi connectivity index (χ2v) is 4.31. The number of nitrogens with zero attached hydrogens (tertiary/aromatic N) is 1. The fraction of sp³-hybridized carbons (Fsp3) is 0.286. The van der Waals surface area contributed by atoms with Crippen molar-refractivity contribution >= 4 is 17.4 Å². The molecule has 20 heavy (non-hydrogen) atoms. The number of nitrogens with one attached hydrogen (secondary N) is 2. The Bertz CT molecular complexity index is 540. The lowest BCUT2D eigenvalue weighted by molar-refractivity contribution is 0.0925. The number of carbonyl (C=O) groups excluding carboxylic acids is 1. The highest BCUT2D eigenvalue weighted by atomic mass is 16.3. The van der Waals surface area contributed by atoms with E-state index in [0.717, 1.165) is 19.4 Å². The molecule has 0 radical (unpaired) electrons. The topological polar surface area (TPSA) is 93.2 Å². The van der Waals surface area contributed by atoms with Crippen LogP contribution in [0, 0.1) is 0 Å². The Morgan fingerprint density at radius 2 is 2.10 bits per heavy atom. The van der Waals surface area contributed by atoms with Gasteiger partial charge in [-0.15, -0.1) is 0 Å². The maximum absolute atomic E-state index is 11.6. The number of aromatic nitrogens is 1. The molecule has 0 fully saturated rings. The zero-order valence-corrected chi connectivity index (χ0v) is 11.1. The van der Waals surface area contributed by atoms with E-state index in [1.54, 1.807) is 30.5 Å². The molecule has 2 aromatic heterocycles. The van der Waals surface area contributed by atoms with Gasteiger partial charge in [-0.2, -0.15) is 0 Å². The van der Waals surface area contributed by atoms with Crippen LogP contribution in [0.1, 0.15) is 23.4 Å². The van der Waals surface area contributed by atoms with Gasteiger partial charge < -0.3 is 20.8 Å². The lowest BCUT2D eigenvalue weighted by atomic mass is 10.3. The van der Waals surface area contributed by atoms with Crippen LogP contribution in [0.3, 0.4) is 0 Å². The number of nitrogens with two attached hydrogens (primary N) is 1. The molecule has 0 atom stereocenters. The van der Waals surface area contributed by atoms with E-state index in [0.29, 0.717) is 23.8 Å². The molecule has 0 bridgehead atoms. The van der Waals surface area contributed by atoms with Crippen LogP contribution in [-0.2, 0) is 0 Å². The van der Waals surface area contributed by atoms with Crippen LogP contribution < -0.4 is 16.4 Å². The van der Waals surface area contributed by atoms with Crippen LogP contribution in [0.2, 0.25) is 0 Å². The summed E-state index contributed by atoms with van der Waals surface area (Å²) in [6, 6.07) is 6.93. The first-order chi connectivity index (χ1) is 9.77. The van der Waals surface area contributed by atoms with Crippen LogP contribution in [0.5, 0.6) is 0 Å². The Kier molecular flexibility index (Phi) is 5.00. The summed E-state index contributed by atoms with van der Waals surface area (Å²) in [6.07, 6.45) is 4.96. The molecule has 4 N–H and O–H groups in total. The summed E-state index contributed by atoms with van der Waals surface area (Å²) in [5, 5.41) is 5.96. The molecule has 2 heterocycles. The van der Waals surface area contributed by atoms with Crippen molar-refractivity contribution < 1.29 is 9.21 Å². The normalized spacial score (nSPS) is 10.2. The molecule has 1 amide bonds. The van der Waals surface area contributed by atoms with Gasteiger partial charge in [0.1, 0.15) is 5.82 Å². The zero-order valence-electron chi connectivity index (χ0n) is 11.1. The summed E-state index contributed by atoms with van der Waals surface area (Å²) in [6.45, 7) is 1.37. The monoisotopic (exact) mass is 274 g/mol. The average molecular weight is 274 g/mol. The highest BCUT2D eigenvalue weighted by Gasteiger charge is 2.06. The third-order valence-electron chi connectivity index (χ3n) is 2.77. The molecule has 2 aromatic rings. The van der Waals surface area contributed by atoms with Gasteiger partial charge in [0.15, 0.2) is 5.76 Å². The van der Waals surface area contributed by atoms with Crippen molar-refractivity contribution in [2.24, 2.45) is 0 Å². The molecule has 0 aliphatic carbocycles. The molecule has 0 aromatic carbocycles. The Labute approximate surface area is 117 Å². The van der Waals surface area contributed by atoms with Gasteiger partial charge in [0.2, 0.25) is 0 Å². The number of hydrogen-bond donors (Lipinski definition) is 3. The summed E-state index contributed by atoms with van der Waals surface area (Å²) in [5.41, 5.74) is 6.40. The van der Waals surface area contributed by atoms with Crippen molar-refractivity contribution in [2.75, 3.05) is 24.1 Å². The Balaban J connectivity index is 1.58. The van der Waals surface area contributed by atoms with Gasteiger partial charge in [0.05, 0.1) is 12.0 Å². The minimum atomic E-state index is -0.183. The number of carbonyl (C=O) groups is 1. The third-order valence-corrected chi connectivity index (χ3v) is 2.77. The molecule has 0 saturated carbocycles. The summed E-state index contributed by atoms with van der Waals surface area (Å²) in [4.78, 5) is 15.7. The molecule has 106 valence electrons. The van der Waals surface area contributed by atoms with Crippen molar-refractivity contribution in [3.05, 3.63) is 42.5 Å². The fourth-order valence-electron chi connectivity index (χ4n) is 1.72. The largest absolute Gasteiger partial charge is 0.459 e. The second kappa shape index (κ2) is 7.18. The first kappa shape index (κ1) is 13.9. The Morgan fingerprint density at radius 1 is 1.25 bits per heavy atom. The van der Waals surface area contributed by atoms with Crippen molar-refractivity contribution in [1.29, 1.82) is 0 Å². The predicted octanol–water partition coefficient (Wildman–Crippen LogP) is 1.88. The SMILES string of the molecule is Nc1cccnc1NCCCCNC(=O)c1ccco1. The van der Waals surface area contributed by atoms with Crippen molar-refractivity contribution in [3.8, 4) is 0 Å². The first-order valence-corrected chi connectivity index (χ1v) is 6.53. The number of anilines is 2. The predicted molar refractivity (Wildman–Crippen MR) is 77.4 cm³/mol. The van der Waals surface area contributed by atoms with Gasteiger partial charge >= 0.3 is 0 Å². The Morgan fingerprint density at radius 3 is 2.85 bits per heavy atom. The number of nitrogen functional groups attached to an aromatic ring is 1. The summed E-state index contributed by atoms with van der Waals surface area (Å²) in [5.74, 6) is 0.855. The molecule has 0 spiro atoms. The van der Waals surface area contributed by atoms with Gasteiger partial charge in [-0.05, 0) is 37.1 Å². The van der Waals surface area contributed by atoms with E-state index in [-0.39, 0.29) is 5.91 Å². The lowest BCUT2D eigenvalue weighted by Crippen LogP contribution is -2.24. The first-order valence-electron chi connectivity index (χ1n) is 6.53. The van der Waals surface area contributed by atoms with Gasteiger partial charge in [-0.3, -0.25) is 4.79 Å². The third kappa shape index (κ3) is 4.01. The molecule has 0 unspecified atom stereocenters. The average Bonchev–Trinajstić information content (AvgIpc) is 2.98. The molecular formula is C14H18N4O2. The fourth-order valence-corrected chi connectivity index (χ4v) is 1.72. The highest BCUT2D eigenvalue weighted by Crippen LogP contribution is 2.12. The minimum absolute atomic E-state index is 0.183. The molecule has 6 heteroatoms. The van der Waals surface area contributed by atoms with E-state index in [4.69, 9.17) is 10.2 Å². The maximum Gasteiger partial charge on any atom is 0.286 e. The van der Waals surface area contributed by atoms with Crippen molar-refractivity contribution in [1.82, 2.24) is 10.3 Å². The highest BCUT2D eigenvalue weighted by molar-refractivity contribution is 5.91. The summed E-state index contributed by atoms with van der Waals surface area (Å²) >= 11 is 0. The molecule has 0 aliphatic rings. The van der Waals surface area contributed by atoms with E-state index in [2.05, 4.69) is 15.6 Å². The van der Waals surface area contributed by atoms with Gasteiger partial charge in [-0.25, -0.2) is 4.98 Å². The Hall–Kier alpha value is -2.50. The lowest BCUT2D eigenvalue weighted by Gasteiger charge is -2.07. The maximum atomic E-state index is 11.6. The molecule has 0 saturated heterocycles. The number of amides is 1.